The first kappa shape index (κ1) is 24.2. The molecule has 1 aliphatic heterocycles. The van der Waals surface area contributed by atoms with Gasteiger partial charge in [0, 0.05) is 69.7 Å². The molecule has 0 saturated carbocycles. The molecule has 9 nitrogen and oxygen atoms in total. The zero-order valence-electron chi connectivity index (χ0n) is 19.8. The van der Waals surface area contributed by atoms with E-state index >= 15 is 0 Å². The predicted octanol–water partition coefficient (Wildman–Crippen LogP) is 1.78. The molecular formula is C26H30N6O3. The van der Waals surface area contributed by atoms with Crippen molar-refractivity contribution in [3.8, 4) is 5.75 Å². The van der Waals surface area contributed by atoms with Crippen molar-refractivity contribution >= 4 is 17.5 Å². The van der Waals surface area contributed by atoms with Gasteiger partial charge < -0.3 is 20.3 Å². The second-order valence-electron chi connectivity index (χ2n) is 8.27. The normalized spacial score (nSPS) is 14.7. The third-order valence-corrected chi connectivity index (χ3v) is 6.13. The van der Waals surface area contributed by atoms with Crippen molar-refractivity contribution in [2.75, 3.05) is 44.7 Å². The fraction of sp³-hybridized carbons (Fsp3) is 0.308. The van der Waals surface area contributed by atoms with E-state index in [0.29, 0.717) is 6.54 Å². The van der Waals surface area contributed by atoms with Crippen molar-refractivity contribution in [3.05, 3.63) is 84.4 Å². The smallest absolute Gasteiger partial charge is 0.309 e. The lowest BCUT2D eigenvalue weighted by atomic mass is 10.1. The van der Waals surface area contributed by atoms with Crippen LogP contribution in [-0.2, 0) is 16.1 Å². The number of nitrogens with one attached hydrogen (secondary N) is 2. The molecule has 0 unspecified atom stereocenters. The molecule has 35 heavy (non-hydrogen) atoms. The first-order chi connectivity index (χ1) is 17.1. The first-order valence-corrected chi connectivity index (χ1v) is 11.6. The largest absolute Gasteiger partial charge is 0.497 e. The third-order valence-electron chi connectivity index (χ3n) is 6.13. The standard InChI is InChI=1S/C26H30N6O3/c1-35-23-6-4-22(5-7-23)31-13-15-32(16-14-31)24(21-3-2-10-28-18-21)19-30-26(34)25(33)29-17-20-8-11-27-12-9-20/h2-12,18,24H,13-17,19H2,1H3,(H,29,33)(H,30,34)/t24-/m1/s1. The molecule has 3 heterocycles. The summed E-state index contributed by atoms with van der Waals surface area (Å²) in [6.45, 7) is 3.92. The van der Waals surface area contributed by atoms with E-state index in [4.69, 9.17) is 4.74 Å². The lowest BCUT2D eigenvalue weighted by molar-refractivity contribution is -0.139. The minimum absolute atomic E-state index is 0.0846. The van der Waals surface area contributed by atoms with E-state index in [0.717, 1.165) is 48.7 Å². The zero-order valence-corrected chi connectivity index (χ0v) is 19.8. The number of ether oxygens (including phenoxy) is 1. The average molecular weight is 475 g/mol. The Bertz CT molecular complexity index is 1090. The van der Waals surface area contributed by atoms with Gasteiger partial charge in [-0.3, -0.25) is 24.5 Å². The van der Waals surface area contributed by atoms with Crippen LogP contribution >= 0.6 is 0 Å². The minimum atomic E-state index is -0.656. The number of aromatic nitrogens is 2. The molecule has 0 aliphatic carbocycles. The van der Waals surface area contributed by atoms with Gasteiger partial charge >= 0.3 is 11.8 Å². The Balaban J connectivity index is 1.34. The van der Waals surface area contributed by atoms with Crippen LogP contribution in [0.3, 0.4) is 0 Å². The number of pyridine rings is 2. The Labute approximate surface area is 205 Å². The monoisotopic (exact) mass is 474 g/mol. The quantitative estimate of drug-likeness (QED) is 0.480. The van der Waals surface area contributed by atoms with E-state index in [-0.39, 0.29) is 12.6 Å². The van der Waals surface area contributed by atoms with Crippen LogP contribution < -0.4 is 20.3 Å². The topological polar surface area (TPSA) is 99.7 Å². The van der Waals surface area contributed by atoms with Gasteiger partial charge in [-0.2, -0.15) is 0 Å². The number of carbonyl (C=O) groups is 2. The number of amides is 2. The molecule has 9 heteroatoms. The fourth-order valence-corrected chi connectivity index (χ4v) is 4.15. The van der Waals surface area contributed by atoms with Gasteiger partial charge in [0.05, 0.1) is 13.2 Å². The molecule has 1 aromatic carbocycles. The Morgan fingerprint density at radius 2 is 1.63 bits per heavy atom. The van der Waals surface area contributed by atoms with Gasteiger partial charge in [0.1, 0.15) is 5.75 Å². The van der Waals surface area contributed by atoms with E-state index in [2.05, 4.69) is 42.5 Å². The predicted molar refractivity (Wildman–Crippen MR) is 133 cm³/mol. The van der Waals surface area contributed by atoms with Crippen molar-refractivity contribution in [1.82, 2.24) is 25.5 Å². The molecular weight excluding hydrogens is 444 g/mol. The molecule has 4 rings (SSSR count). The van der Waals surface area contributed by atoms with Crippen LogP contribution in [0.25, 0.3) is 0 Å². The summed E-state index contributed by atoms with van der Waals surface area (Å²) in [6.07, 6.45) is 6.84. The number of benzene rings is 1. The number of carbonyl (C=O) groups excluding carboxylic acids is 2. The van der Waals surface area contributed by atoms with Crippen molar-refractivity contribution in [2.24, 2.45) is 0 Å². The van der Waals surface area contributed by atoms with Crippen molar-refractivity contribution < 1.29 is 14.3 Å². The number of piperazine rings is 1. The first-order valence-electron chi connectivity index (χ1n) is 11.6. The maximum absolute atomic E-state index is 12.5. The number of rotatable bonds is 8. The van der Waals surface area contributed by atoms with Crippen LogP contribution in [0.4, 0.5) is 5.69 Å². The number of hydrogen-bond donors (Lipinski definition) is 2. The fourth-order valence-electron chi connectivity index (χ4n) is 4.15. The molecule has 1 saturated heterocycles. The van der Waals surface area contributed by atoms with Crippen LogP contribution in [0.15, 0.2) is 73.3 Å². The Hall–Kier alpha value is -3.98. The minimum Gasteiger partial charge on any atom is -0.497 e. The van der Waals surface area contributed by atoms with Crippen LogP contribution in [0.1, 0.15) is 17.2 Å². The van der Waals surface area contributed by atoms with Gasteiger partial charge in [-0.25, -0.2) is 0 Å². The van der Waals surface area contributed by atoms with Gasteiger partial charge in [-0.05, 0) is 53.6 Å². The highest BCUT2D eigenvalue weighted by molar-refractivity contribution is 6.35. The molecule has 2 aromatic heterocycles. The van der Waals surface area contributed by atoms with Crippen molar-refractivity contribution in [2.45, 2.75) is 12.6 Å². The molecule has 0 radical (unpaired) electrons. The van der Waals surface area contributed by atoms with Gasteiger partial charge in [0.15, 0.2) is 0 Å². The van der Waals surface area contributed by atoms with Crippen molar-refractivity contribution in [3.63, 3.8) is 0 Å². The molecule has 1 aliphatic rings. The van der Waals surface area contributed by atoms with Gasteiger partial charge in [0.25, 0.3) is 0 Å². The molecule has 182 valence electrons. The summed E-state index contributed by atoms with van der Waals surface area (Å²) >= 11 is 0. The lowest BCUT2D eigenvalue weighted by Crippen LogP contribution is -2.50. The Morgan fingerprint density at radius 1 is 0.914 bits per heavy atom. The molecule has 1 fully saturated rings. The molecule has 0 spiro atoms. The Morgan fingerprint density at radius 3 is 2.29 bits per heavy atom. The number of nitrogens with zero attached hydrogens (tertiary/aromatic N) is 4. The Kier molecular flexibility index (Phi) is 8.24. The van der Waals surface area contributed by atoms with Crippen LogP contribution in [0.5, 0.6) is 5.75 Å². The summed E-state index contributed by atoms with van der Waals surface area (Å²) in [5.74, 6) is -0.467. The summed E-state index contributed by atoms with van der Waals surface area (Å²) < 4.78 is 5.26. The molecule has 2 amide bonds. The SMILES string of the molecule is COc1ccc(N2CCN([C@H](CNC(=O)C(=O)NCc3ccncc3)c3cccnc3)CC2)cc1. The zero-order chi connectivity index (χ0) is 24.5. The van der Waals surface area contributed by atoms with E-state index in [1.807, 2.05) is 30.5 Å². The van der Waals surface area contributed by atoms with Crippen LogP contribution in [0, 0.1) is 0 Å². The maximum Gasteiger partial charge on any atom is 0.309 e. The third kappa shape index (κ3) is 6.54. The van der Waals surface area contributed by atoms with E-state index in [9.17, 15) is 9.59 Å². The van der Waals surface area contributed by atoms with Gasteiger partial charge in [-0.15, -0.1) is 0 Å². The second-order valence-corrected chi connectivity index (χ2v) is 8.27. The number of anilines is 1. The van der Waals surface area contributed by atoms with Crippen LogP contribution in [-0.4, -0.2) is 66.5 Å². The van der Waals surface area contributed by atoms with Crippen LogP contribution in [0.2, 0.25) is 0 Å². The van der Waals surface area contributed by atoms with Crippen molar-refractivity contribution in [1.29, 1.82) is 0 Å². The average Bonchev–Trinajstić information content (AvgIpc) is 2.93. The summed E-state index contributed by atoms with van der Waals surface area (Å²) in [4.78, 5) is 37.7. The number of methoxy groups -OCH3 is 1. The van der Waals surface area contributed by atoms with Gasteiger partial charge in [0.2, 0.25) is 0 Å². The van der Waals surface area contributed by atoms with E-state index < -0.39 is 11.8 Å². The highest BCUT2D eigenvalue weighted by Crippen LogP contribution is 2.25. The summed E-state index contributed by atoms with van der Waals surface area (Å²) in [5, 5.41) is 5.46. The summed E-state index contributed by atoms with van der Waals surface area (Å²) in [5.41, 5.74) is 3.04. The molecule has 2 N–H and O–H groups in total. The molecule has 1 atom stereocenters. The lowest BCUT2D eigenvalue weighted by Gasteiger charge is -2.40. The van der Waals surface area contributed by atoms with E-state index in [1.165, 1.54) is 0 Å². The highest BCUT2D eigenvalue weighted by Gasteiger charge is 2.26. The maximum atomic E-state index is 12.5. The molecule has 0 bridgehead atoms. The highest BCUT2D eigenvalue weighted by atomic mass is 16.5. The second kappa shape index (κ2) is 11.9. The van der Waals surface area contributed by atoms with Gasteiger partial charge in [-0.1, -0.05) is 6.07 Å². The summed E-state index contributed by atoms with van der Waals surface area (Å²) in [7, 11) is 1.66. The number of hydrogen-bond acceptors (Lipinski definition) is 7. The van der Waals surface area contributed by atoms with E-state index in [1.54, 1.807) is 37.8 Å². The molecule has 3 aromatic rings. The summed E-state index contributed by atoms with van der Waals surface area (Å²) in [6, 6.07) is 15.5.